The van der Waals surface area contributed by atoms with Gasteiger partial charge in [0.1, 0.15) is 0 Å². The summed E-state index contributed by atoms with van der Waals surface area (Å²) in [7, 11) is -2.45. The van der Waals surface area contributed by atoms with E-state index in [1.807, 2.05) is 0 Å². The lowest BCUT2D eigenvalue weighted by Gasteiger charge is -2.29. The van der Waals surface area contributed by atoms with Gasteiger partial charge in [-0.25, -0.2) is 0 Å². The lowest BCUT2D eigenvalue weighted by molar-refractivity contribution is 0.0576. The van der Waals surface area contributed by atoms with Crippen LogP contribution < -0.4 is 0 Å². The van der Waals surface area contributed by atoms with Crippen molar-refractivity contribution in [1.82, 2.24) is 0 Å². The second-order valence-electron chi connectivity index (χ2n) is 6.58. The second-order valence-corrected chi connectivity index (χ2v) is 9.31. The van der Waals surface area contributed by atoms with Gasteiger partial charge in [-0.05, 0) is 31.6 Å². The van der Waals surface area contributed by atoms with Gasteiger partial charge >= 0.3 is 8.80 Å². The van der Waals surface area contributed by atoms with E-state index in [-0.39, 0.29) is 0 Å². The van der Waals surface area contributed by atoms with E-state index in [0.29, 0.717) is 0 Å². The highest BCUT2D eigenvalue weighted by Gasteiger charge is 2.40. The van der Waals surface area contributed by atoms with E-state index in [1.165, 1.54) is 25.7 Å². The minimum absolute atomic E-state index is 0.758. The molecule has 0 unspecified atom stereocenters. The molecule has 0 aromatic carbocycles. The van der Waals surface area contributed by atoms with Crippen molar-refractivity contribution in [2.45, 2.75) is 92.0 Å². The molecule has 4 heteroatoms. The van der Waals surface area contributed by atoms with Crippen molar-refractivity contribution < 1.29 is 13.3 Å². The molecule has 0 atom stereocenters. The molecule has 3 nitrogen and oxygen atoms in total. The molecule has 0 bridgehead atoms. The van der Waals surface area contributed by atoms with E-state index in [4.69, 9.17) is 13.3 Å². The molecule has 0 fully saturated rings. The van der Waals surface area contributed by atoms with Gasteiger partial charge in [0, 0.05) is 25.9 Å². The zero-order chi connectivity index (χ0) is 16.7. The van der Waals surface area contributed by atoms with Crippen molar-refractivity contribution in [2.75, 3.05) is 19.8 Å². The third-order valence-corrected chi connectivity index (χ3v) is 6.53. The van der Waals surface area contributed by atoms with Crippen LogP contribution >= 0.6 is 0 Å². The van der Waals surface area contributed by atoms with Crippen LogP contribution in [0.2, 0.25) is 6.04 Å². The fourth-order valence-electron chi connectivity index (χ4n) is 2.30. The van der Waals surface area contributed by atoms with Gasteiger partial charge in [0.25, 0.3) is 0 Å². The van der Waals surface area contributed by atoms with E-state index in [9.17, 15) is 0 Å². The highest BCUT2D eigenvalue weighted by atomic mass is 28.4. The van der Waals surface area contributed by atoms with Gasteiger partial charge in [0.15, 0.2) is 0 Å². The fraction of sp³-hybridized carbons (Fsp3) is 1.00. The molecule has 0 saturated carbocycles. The predicted octanol–water partition coefficient (Wildman–Crippen LogP) is 5.81. The first-order valence-corrected chi connectivity index (χ1v) is 11.4. The highest BCUT2D eigenvalue weighted by molar-refractivity contribution is 6.60. The molecule has 134 valence electrons. The van der Waals surface area contributed by atoms with Crippen LogP contribution in [0, 0.1) is 5.92 Å². The molecule has 0 aliphatic heterocycles. The lowest BCUT2D eigenvalue weighted by atomic mass is 10.1. The summed E-state index contributed by atoms with van der Waals surface area (Å²) in [6, 6.07) is 0.981. The third-order valence-electron chi connectivity index (χ3n) is 3.64. The van der Waals surface area contributed by atoms with Crippen molar-refractivity contribution >= 4 is 8.80 Å². The van der Waals surface area contributed by atoms with Crippen LogP contribution in [0.1, 0.15) is 86.0 Å². The Balaban J connectivity index is 4.40. The fourth-order valence-corrected chi connectivity index (χ4v) is 5.15. The predicted molar refractivity (Wildman–Crippen MR) is 97.2 cm³/mol. The summed E-state index contributed by atoms with van der Waals surface area (Å²) in [5, 5.41) is 0. The van der Waals surface area contributed by atoms with Gasteiger partial charge in [-0.3, -0.25) is 0 Å². The Kier molecular flexibility index (Phi) is 14.7. The van der Waals surface area contributed by atoms with E-state index >= 15 is 0 Å². The maximum atomic E-state index is 6.20. The zero-order valence-electron chi connectivity index (χ0n) is 15.8. The average Bonchev–Trinajstić information content (AvgIpc) is 2.50. The third kappa shape index (κ3) is 11.6. The average molecular weight is 333 g/mol. The molecule has 0 aliphatic carbocycles. The first-order chi connectivity index (χ1) is 10.6. The Morgan fingerprint density at radius 2 is 1.27 bits per heavy atom. The summed E-state index contributed by atoms with van der Waals surface area (Å²) in [6.07, 6.45) is 9.33. The summed E-state index contributed by atoms with van der Waals surface area (Å²) in [6.45, 7) is 13.4. The summed E-state index contributed by atoms with van der Waals surface area (Å²) in [5.41, 5.74) is 0. The molecular weight excluding hydrogens is 292 g/mol. The Bertz CT molecular complexity index is 226. The van der Waals surface area contributed by atoms with Crippen LogP contribution in [0.25, 0.3) is 0 Å². The minimum Gasteiger partial charge on any atom is -0.373 e. The molecule has 0 rings (SSSR count). The largest absolute Gasteiger partial charge is 0.500 e. The molecule has 0 aliphatic rings. The second kappa shape index (κ2) is 14.7. The summed E-state index contributed by atoms with van der Waals surface area (Å²) < 4.78 is 18.5. The van der Waals surface area contributed by atoms with Crippen LogP contribution in [0.4, 0.5) is 0 Å². The van der Waals surface area contributed by atoms with Gasteiger partial charge in [-0.1, -0.05) is 60.3 Å². The molecule has 0 saturated heterocycles. The van der Waals surface area contributed by atoms with E-state index < -0.39 is 8.80 Å². The van der Waals surface area contributed by atoms with Crippen LogP contribution in [0.15, 0.2) is 0 Å². The maximum absolute atomic E-state index is 6.20. The van der Waals surface area contributed by atoms with Gasteiger partial charge in [0.2, 0.25) is 0 Å². The molecule has 0 radical (unpaired) electrons. The smallest absolute Gasteiger partial charge is 0.373 e. The Hall–Kier alpha value is 0.0969. The van der Waals surface area contributed by atoms with Crippen LogP contribution in [0.3, 0.4) is 0 Å². The Morgan fingerprint density at radius 3 is 1.77 bits per heavy atom. The molecule has 0 heterocycles. The number of hydrogen-bond donors (Lipinski definition) is 0. The van der Waals surface area contributed by atoms with Crippen molar-refractivity contribution in [3.63, 3.8) is 0 Å². The number of hydrogen-bond acceptors (Lipinski definition) is 3. The van der Waals surface area contributed by atoms with Crippen LogP contribution in [-0.4, -0.2) is 28.6 Å². The van der Waals surface area contributed by atoms with E-state index in [2.05, 4.69) is 34.6 Å². The molecule has 0 spiro atoms. The quantitative estimate of drug-likeness (QED) is 0.263. The van der Waals surface area contributed by atoms with Crippen molar-refractivity contribution in [2.24, 2.45) is 5.92 Å². The monoisotopic (exact) mass is 332 g/mol. The van der Waals surface area contributed by atoms with Gasteiger partial charge in [0.05, 0.1) is 0 Å². The SMILES string of the molecule is CCCCO[Si](CCCCCC(C)C)(OCCC)OCCC. The zero-order valence-corrected chi connectivity index (χ0v) is 16.8. The Labute approximate surface area is 140 Å². The summed E-state index contributed by atoms with van der Waals surface area (Å²) in [5.74, 6) is 0.801. The standard InChI is InChI=1S/C18H40O3Si/c1-6-9-16-21-22(19-14-7-2,20-15-8-3)17-12-10-11-13-18(4)5/h18H,6-17H2,1-5H3. The molecule has 0 amide bonds. The maximum Gasteiger partial charge on any atom is 0.500 e. The van der Waals surface area contributed by atoms with Crippen molar-refractivity contribution in [3.8, 4) is 0 Å². The molecule has 0 aromatic rings. The number of rotatable bonds is 16. The number of unbranched alkanes of at least 4 members (excludes halogenated alkanes) is 3. The van der Waals surface area contributed by atoms with Gasteiger partial charge < -0.3 is 13.3 Å². The lowest BCUT2D eigenvalue weighted by Crippen LogP contribution is -2.46. The highest BCUT2D eigenvalue weighted by Crippen LogP contribution is 2.22. The first-order valence-electron chi connectivity index (χ1n) is 9.52. The van der Waals surface area contributed by atoms with Crippen molar-refractivity contribution in [3.05, 3.63) is 0 Å². The topological polar surface area (TPSA) is 27.7 Å². The molecule has 22 heavy (non-hydrogen) atoms. The van der Waals surface area contributed by atoms with E-state index in [1.54, 1.807) is 0 Å². The molecule has 0 aromatic heterocycles. The van der Waals surface area contributed by atoms with Gasteiger partial charge in [-0.15, -0.1) is 0 Å². The first kappa shape index (κ1) is 22.1. The van der Waals surface area contributed by atoms with Crippen molar-refractivity contribution in [1.29, 1.82) is 0 Å². The summed E-state index contributed by atoms with van der Waals surface area (Å²) in [4.78, 5) is 0. The normalized spacial score (nSPS) is 12.3. The molecule has 0 N–H and O–H groups in total. The van der Waals surface area contributed by atoms with Gasteiger partial charge in [-0.2, -0.15) is 0 Å². The molecular formula is C18H40O3Si. The van der Waals surface area contributed by atoms with Crippen LogP contribution in [-0.2, 0) is 13.3 Å². The Morgan fingerprint density at radius 1 is 0.682 bits per heavy atom. The minimum atomic E-state index is -2.45. The van der Waals surface area contributed by atoms with Crippen LogP contribution in [0.5, 0.6) is 0 Å². The summed E-state index contributed by atoms with van der Waals surface area (Å²) >= 11 is 0. The van der Waals surface area contributed by atoms with E-state index in [0.717, 1.165) is 57.5 Å².